The number of halogens is 1. The van der Waals surface area contributed by atoms with Crippen LogP contribution in [0.1, 0.15) is 18.1 Å². The van der Waals surface area contributed by atoms with Crippen molar-refractivity contribution >= 4 is 34.5 Å². The summed E-state index contributed by atoms with van der Waals surface area (Å²) >= 11 is 2.13. The zero-order chi connectivity index (χ0) is 21.1. The second kappa shape index (κ2) is 8.77. The second-order valence-corrected chi connectivity index (χ2v) is 8.00. The van der Waals surface area contributed by atoms with E-state index in [2.05, 4.69) is 27.6 Å². The van der Waals surface area contributed by atoms with Crippen LogP contribution in [0.15, 0.2) is 69.7 Å². The number of fused-ring (bicyclic) bond motifs is 1. The number of esters is 1. The first kappa shape index (κ1) is 20.9. The fourth-order valence-corrected chi connectivity index (χ4v) is 4.00. The van der Waals surface area contributed by atoms with Gasteiger partial charge < -0.3 is 18.9 Å². The van der Waals surface area contributed by atoms with Gasteiger partial charge in [0.2, 0.25) is 5.90 Å². The molecule has 1 fully saturated rings. The van der Waals surface area contributed by atoms with Gasteiger partial charge in [-0.05, 0) is 46.9 Å². The van der Waals surface area contributed by atoms with Crippen molar-refractivity contribution in [1.82, 2.24) is 0 Å². The van der Waals surface area contributed by atoms with Crippen LogP contribution < -0.4 is 4.74 Å². The molecule has 6 nitrogen and oxygen atoms in total. The van der Waals surface area contributed by atoms with Crippen molar-refractivity contribution in [1.29, 1.82) is 0 Å². The van der Waals surface area contributed by atoms with E-state index in [0.29, 0.717) is 12.5 Å². The number of hydrogen-bond donors (Lipinski definition) is 0. The molecule has 2 aliphatic rings. The predicted octanol–water partition coefficient (Wildman–Crippen LogP) is 4.06. The summed E-state index contributed by atoms with van der Waals surface area (Å²) in [6.07, 6.45) is 0.243. The Hall–Kier alpha value is -2.39. The van der Waals surface area contributed by atoms with E-state index in [1.54, 1.807) is 14.0 Å². The Balaban J connectivity index is 1.52. The van der Waals surface area contributed by atoms with Crippen molar-refractivity contribution in [3.05, 3.63) is 75.9 Å². The minimum absolute atomic E-state index is 0.361. The summed E-state index contributed by atoms with van der Waals surface area (Å²) < 4.78 is 25.0. The molecule has 2 aliphatic heterocycles. The highest BCUT2D eigenvalue weighted by atomic mass is 127. The maximum atomic E-state index is 12.7. The number of carbonyl (C=O) groups is 1. The lowest BCUT2D eigenvalue weighted by Crippen LogP contribution is -2.43. The highest BCUT2D eigenvalue weighted by molar-refractivity contribution is 14.1. The Morgan fingerprint density at radius 1 is 1.17 bits per heavy atom. The topological polar surface area (TPSA) is 66.4 Å². The van der Waals surface area contributed by atoms with Crippen molar-refractivity contribution in [3.8, 4) is 5.75 Å². The van der Waals surface area contributed by atoms with Crippen LogP contribution in [0.5, 0.6) is 5.75 Å². The van der Waals surface area contributed by atoms with Crippen molar-refractivity contribution in [2.24, 2.45) is 4.99 Å². The number of rotatable bonds is 7. The number of carbonyl (C=O) groups excluding carboxylic acids is 1. The number of hydrogen-bond acceptors (Lipinski definition) is 6. The van der Waals surface area contributed by atoms with Crippen LogP contribution in [0, 0.1) is 0 Å². The lowest BCUT2D eigenvalue weighted by atomic mass is 9.93. The van der Waals surface area contributed by atoms with Gasteiger partial charge in [-0.2, -0.15) is 0 Å². The van der Waals surface area contributed by atoms with E-state index in [-0.39, 0.29) is 0 Å². The standard InChI is InChI=1S/C23H22INO5/c1-23-20(30-21(25-23)16-6-4-3-5-7-16)19(29-22(23)26)18(12-13-24)28-14-15-8-10-17(27-2)11-9-15/h3-13,18-20H,14H2,1-2H3/b13-12+/t18-,19+,20-,23-/m0/s1. The van der Waals surface area contributed by atoms with Gasteiger partial charge in [-0.15, -0.1) is 0 Å². The van der Waals surface area contributed by atoms with Crippen LogP contribution in [0.4, 0.5) is 0 Å². The van der Waals surface area contributed by atoms with Gasteiger partial charge in [0.05, 0.1) is 13.7 Å². The maximum Gasteiger partial charge on any atom is 0.338 e. The lowest BCUT2D eigenvalue weighted by Gasteiger charge is -2.25. The third-order valence-electron chi connectivity index (χ3n) is 5.29. The molecule has 4 rings (SSSR count). The Kier molecular flexibility index (Phi) is 6.10. The molecule has 0 unspecified atom stereocenters. The van der Waals surface area contributed by atoms with Crippen molar-refractivity contribution in [2.75, 3.05) is 7.11 Å². The van der Waals surface area contributed by atoms with Gasteiger partial charge in [-0.1, -0.05) is 52.9 Å². The van der Waals surface area contributed by atoms with E-state index < -0.39 is 29.8 Å². The van der Waals surface area contributed by atoms with Crippen LogP contribution in [0.2, 0.25) is 0 Å². The molecule has 1 saturated heterocycles. The van der Waals surface area contributed by atoms with Gasteiger partial charge in [0.1, 0.15) is 11.9 Å². The largest absolute Gasteiger partial charge is 0.497 e. The lowest BCUT2D eigenvalue weighted by molar-refractivity contribution is -0.149. The van der Waals surface area contributed by atoms with E-state index in [1.807, 2.05) is 64.8 Å². The molecular formula is C23H22INO5. The quantitative estimate of drug-likeness (QED) is 0.408. The first-order chi connectivity index (χ1) is 14.5. The summed E-state index contributed by atoms with van der Waals surface area (Å²) in [7, 11) is 1.63. The maximum absolute atomic E-state index is 12.7. The van der Waals surface area contributed by atoms with Crippen molar-refractivity contribution < 1.29 is 23.7 Å². The number of nitrogens with zero attached hydrogens (tertiary/aromatic N) is 1. The van der Waals surface area contributed by atoms with Gasteiger partial charge in [0.15, 0.2) is 17.7 Å². The molecule has 4 atom stereocenters. The van der Waals surface area contributed by atoms with E-state index in [0.717, 1.165) is 16.9 Å². The summed E-state index contributed by atoms with van der Waals surface area (Å²) in [5, 5.41) is 0. The Bertz CT molecular complexity index is 959. The molecule has 0 spiro atoms. The zero-order valence-corrected chi connectivity index (χ0v) is 18.8. The first-order valence-corrected chi connectivity index (χ1v) is 10.8. The smallest absolute Gasteiger partial charge is 0.338 e. The molecular weight excluding hydrogens is 497 g/mol. The molecule has 0 aromatic heterocycles. The molecule has 7 heteroatoms. The van der Waals surface area contributed by atoms with E-state index >= 15 is 0 Å². The summed E-state index contributed by atoms with van der Waals surface area (Å²) in [6.45, 7) is 2.11. The Morgan fingerprint density at radius 2 is 1.90 bits per heavy atom. The molecule has 0 radical (unpaired) electrons. The number of benzene rings is 2. The van der Waals surface area contributed by atoms with E-state index in [9.17, 15) is 4.79 Å². The van der Waals surface area contributed by atoms with Crippen molar-refractivity contribution in [2.45, 2.75) is 37.4 Å². The fraction of sp³-hybridized carbons (Fsp3) is 0.304. The van der Waals surface area contributed by atoms with Gasteiger partial charge in [0, 0.05) is 5.56 Å². The molecule has 0 N–H and O–H groups in total. The molecule has 156 valence electrons. The Labute approximate surface area is 189 Å². The molecule has 2 aromatic rings. The molecule has 0 bridgehead atoms. The van der Waals surface area contributed by atoms with Gasteiger partial charge in [-0.25, -0.2) is 9.79 Å². The molecule has 0 saturated carbocycles. The minimum Gasteiger partial charge on any atom is -0.497 e. The van der Waals surface area contributed by atoms with E-state index in [1.165, 1.54) is 0 Å². The summed E-state index contributed by atoms with van der Waals surface area (Å²) in [5.41, 5.74) is 0.736. The summed E-state index contributed by atoms with van der Waals surface area (Å²) in [5.74, 6) is 0.841. The third kappa shape index (κ3) is 3.96. The monoisotopic (exact) mass is 519 g/mol. The molecule has 2 aromatic carbocycles. The van der Waals surface area contributed by atoms with Crippen molar-refractivity contribution in [3.63, 3.8) is 0 Å². The normalized spacial score (nSPS) is 26.1. The van der Waals surface area contributed by atoms with Gasteiger partial charge in [0.25, 0.3) is 0 Å². The summed E-state index contributed by atoms with van der Waals surface area (Å²) in [4.78, 5) is 17.3. The average molecular weight is 519 g/mol. The number of methoxy groups -OCH3 is 1. The molecule has 2 heterocycles. The van der Waals surface area contributed by atoms with Crippen LogP contribution in [-0.2, 0) is 25.6 Å². The zero-order valence-electron chi connectivity index (χ0n) is 16.7. The molecule has 0 amide bonds. The molecule has 0 aliphatic carbocycles. The highest BCUT2D eigenvalue weighted by Gasteiger charge is 2.62. The van der Waals surface area contributed by atoms with Crippen LogP contribution in [0.25, 0.3) is 0 Å². The van der Waals surface area contributed by atoms with Crippen LogP contribution >= 0.6 is 22.6 Å². The second-order valence-electron chi connectivity index (χ2n) is 7.28. The van der Waals surface area contributed by atoms with Crippen LogP contribution in [-0.4, -0.2) is 42.8 Å². The van der Waals surface area contributed by atoms with E-state index in [4.69, 9.17) is 18.9 Å². The average Bonchev–Trinajstić information content (AvgIpc) is 3.25. The minimum atomic E-state index is -1.09. The van der Waals surface area contributed by atoms with Crippen LogP contribution in [0.3, 0.4) is 0 Å². The Morgan fingerprint density at radius 3 is 2.57 bits per heavy atom. The number of aliphatic imine (C=N–C) groups is 1. The van der Waals surface area contributed by atoms with Gasteiger partial charge in [-0.3, -0.25) is 0 Å². The predicted molar refractivity (Wildman–Crippen MR) is 121 cm³/mol. The fourth-order valence-electron chi connectivity index (χ4n) is 3.59. The number of ether oxygens (including phenoxy) is 4. The first-order valence-electron chi connectivity index (χ1n) is 9.59. The van der Waals surface area contributed by atoms with Gasteiger partial charge >= 0.3 is 5.97 Å². The number of cyclic esters (lactones) is 1. The SMILES string of the molecule is COc1ccc(CO[C@@H](/C=C/I)[C@H]2OC(=O)[C@@]3(C)N=C(c4ccccc4)O[C@@H]23)cc1. The highest BCUT2D eigenvalue weighted by Crippen LogP contribution is 2.40. The molecule has 30 heavy (non-hydrogen) atoms. The third-order valence-corrected chi connectivity index (χ3v) is 5.70. The summed E-state index contributed by atoms with van der Waals surface area (Å²) in [6, 6.07) is 17.2.